The highest BCUT2D eigenvalue weighted by Gasteiger charge is 2.26. The maximum Gasteiger partial charge on any atom is 0.399 e. The second-order valence-corrected chi connectivity index (χ2v) is 4.71. The zero-order chi connectivity index (χ0) is 10.7. The van der Waals surface area contributed by atoms with E-state index in [9.17, 15) is 0 Å². The summed E-state index contributed by atoms with van der Waals surface area (Å²) in [6.07, 6.45) is 2.44. The third-order valence-corrected chi connectivity index (χ3v) is 3.26. The molecule has 1 saturated heterocycles. The molecule has 2 nitrogen and oxygen atoms in total. The van der Waals surface area contributed by atoms with Gasteiger partial charge in [-0.15, -0.1) is 0 Å². The Kier molecular flexibility index (Phi) is 3.84. The normalized spacial score (nSPS) is 21.9. The molecule has 0 spiro atoms. The molecule has 1 aromatic carbocycles. The van der Waals surface area contributed by atoms with E-state index in [0.717, 1.165) is 11.0 Å². The topological polar surface area (TPSA) is 12.5 Å². The van der Waals surface area contributed by atoms with E-state index in [1.807, 2.05) is 7.62 Å². The molecular weight excluding hydrogens is 253 g/mol. The molecule has 15 heavy (non-hydrogen) atoms. The van der Waals surface area contributed by atoms with E-state index >= 15 is 0 Å². The van der Waals surface area contributed by atoms with Crippen LogP contribution >= 0.6 is 15.9 Å². The summed E-state index contributed by atoms with van der Waals surface area (Å²) in [6.45, 7) is 1.09. The highest BCUT2D eigenvalue weighted by Crippen LogP contribution is 2.31. The molecule has 1 radical (unpaired) electrons. The van der Waals surface area contributed by atoms with Crippen LogP contribution in [0.5, 0.6) is 0 Å². The first-order valence-electron chi connectivity index (χ1n) is 5.18. The van der Waals surface area contributed by atoms with Crippen LogP contribution in [0.4, 0.5) is 0 Å². The highest BCUT2D eigenvalue weighted by molar-refractivity contribution is 9.10. The lowest BCUT2D eigenvalue weighted by atomic mass is 10.0. The minimum atomic E-state index is 0.474. The standard InChI is InChI=1S/C11H14BBrNO/c1-15-12-14-7-3-6-11(14)9-4-2-5-10(13)8-9/h2,4-5,8,11H,3,6-7H2,1H3. The summed E-state index contributed by atoms with van der Waals surface area (Å²) < 4.78 is 6.24. The molecule has 1 unspecified atom stereocenters. The van der Waals surface area contributed by atoms with Gasteiger partial charge in [0.2, 0.25) is 0 Å². The van der Waals surface area contributed by atoms with Gasteiger partial charge in [-0.25, -0.2) is 0 Å². The second kappa shape index (κ2) is 5.15. The van der Waals surface area contributed by atoms with E-state index < -0.39 is 0 Å². The third-order valence-electron chi connectivity index (χ3n) is 2.77. The SMILES string of the molecule is CO[B]N1CCCC1c1cccc(Br)c1. The number of nitrogens with zero attached hydrogens (tertiary/aromatic N) is 1. The molecule has 1 heterocycles. The van der Waals surface area contributed by atoms with Gasteiger partial charge in [-0.1, -0.05) is 28.1 Å². The monoisotopic (exact) mass is 266 g/mol. The molecule has 0 amide bonds. The summed E-state index contributed by atoms with van der Waals surface area (Å²) in [5.41, 5.74) is 1.36. The van der Waals surface area contributed by atoms with E-state index in [0.29, 0.717) is 6.04 Å². The lowest BCUT2D eigenvalue weighted by Gasteiger charge is -2.22. The lowest BCUT2D eigenvalue weighted by molar-refractivity contribution is 0.327. The molecule has 1 aliphatic heterocycles. The van der Waals surface area contributed by atoms with Crippen LogP contribution in [0.25, 0.3) is 0 Å². The van der Waals surface area contributed by atoms with Gasteiger partial charge in [0, 0.05) is 17.6 Å². The maximum atomic E-state index is 5.10. The van der Waals surface area contributed by atoms with Gasteiger partial charge < -0.3 is 9.47 Å². The third kappa shape index (κ3) is 2.62. The van der Waals surface area contributed by atoms with Crippen molar-refractivity contribution in [3.05, 3.63) is 34.3 Å². The zero-order valence-corrected chi connectivity index (χ0v) is 10.4. The van der Waals surface area contributed by atoms with Crippen LogP contribution in [0, 0.1) is 0 Å². The van der Waals surface area contributed by atoms with Crippen LogP contribution in [0.15, 0.2) is 28.7 Å². The first-order valence-corrected chi connectivity index (χ1v) is 5.98. The van der Waals surface area contributed by atoms with Crippen molar-refractivity contribution in [3.8, 4) is 0 Å². The summed E-state index contributed by atoms with van der Waals surface area (Å²) >= 11 is 3.51. The lowest BCUT2D eigenvalue weighted by Crippen LogP contribution is -2.28. The van der Waals surface area contributed by atoms with Crippen molar-refractivity contribution in [2.75, 3.05) is 13.7 Å². The van der Waals surface area contributed by atoms with Crippen LogP contribution < -0.4 is 0 Å². The first-order chi connectivity index (χ1) is 7.31. The maximum absolute atomic E-state index is 5.10. The number of rotatable bonds is 3. The zero-order valence-electron chi connectivity index (χ0n) is 8.82. The van der Waals surface area contributed by atoms with Gasteiger partial charge in [0.1, 0.15) is 0 Å². The Labute approximate surface area is 100 Å². The summed E-state index contributed by atoms with van der Waals surface area (Å²) in [5.74, 6) is 0. The predicted molar refractivity (Wildman–Crippen MR) is 65.6 cm³/mol. The Morgan fingerprint density at radius 1 is 1.53 bits per heavy atom. The Morgan fingerprint density at radius 2 is 2.40 bits per heavy atom. The molecule has 0 aromatic heterocycles. The van der Waals surface area contributed by atoms with Crippen molar-refractivity contribution in [2.45, 2.75) is 18.9 Å². The number of hydrogen-bond acceptors (Lipinski definition) is 2. The average molecular weight is 267 g/mol. The smallest absolute Gasteiger partial charge is 0.399 e. The molecule has 4 heteroatoms. The predicted octanol–water partition coefficient (Wildman–Crippen LogP) is 2.77. The second-order valence-electron chi connectivity index (χ2n) is 3.79. The molecule has 0 aliphatic carbocycles. The fourth-order valence-corrected chi connectivity index (χ4v) is 2.54. The fourth-order valence-electron chi connectivity index (χ4n) is 2.12. The van der Waals surface area contributed by atoms with Crippen molar-refractivity contribution in [1.29, 1.82) is 0 Å². The van der Waals surface area contributed by atoms with E-state index in [-0.39, 0.29) is 0 Å². The fraction of sp³-hybridized carbons (Fsp3) is 0.455. The summed E-state index contributed by atoms with van der Waals surface area (Å²) in [4.78, 5) is 2.27. The molecule has 1 aromatic rings. The van der Waals surface area contributed by atoms with Crippen molar-refractivity contribution >= 4 is 23.5 Å². The van der Waals surface area contributed by atoms with Crippen LogP contribution in [0.3, 0.4) is 0 Å². The summed E-state index contributed by atoms with van der Waals surface area (Å²) in [5, 5.41) is 0. The van der Waals surface area contributed by atoms with Gasteiger partial charge in [-0.3, -0.25) is 0 Å². The highest BCUT2D eigenvalue weighted by atomic mass is 79.9. The number of hydrogen-bond donors (Lipinski definition) is 0. The molecule has 2 rings (SSSR count). The molecular formula is C11H14BBrNO. The Balaban J connectivity index is 2.15. The van der Waals surface area contributed by atoms with Gasteiger partial charge in [0.15, 0.2) is 0 Å². The van der Waals surface area contributed by atoms with Gasteiger partial charge in [0.25, 0.3) is 0 Å². The summed E-state index contributed by atoms with van der Waals surface area (Å²) in [7, 11) is 3.54. The van der Waals surface area contributed by atoms with Gasteiger partial charge in [-0.2, -0.15) is 0 Å². The van der Waals surface area contributed by atoms with Crippen molar-refractivity contribution < 1.29 is 4.65 Å². The van der Waals surface area contributed by atoms with Crippen LogP contribution in [-0.2, 0) is 4.65 Å². The molecule has 79 valence electrons. The van der Waals surface area contributed by atoms with Gasteiger partial charge in [0.05, 0.1) is 0 Å². The van der Waals surface area contributed by atoms with Crippen LogP contribution in [0.1, 0.15) is 24.4 Å². The van der Waals surface area contributed by atoms with E-state index in [1.165, 1.54) is 18.4 Å². The quantitative estimate of drug-likeness (QED) is 0.781. The minimum absolute atomic E-state index is 0.474. The van der Waals surface area contributed by atoms with Crippen molar-refractivity contribution in [1.82, 2.24) is 4.81 Å². The molecule has 1 aliphatic rings. The largest absolute Gasteiger partial charge is 0.427 e. The molecule has 0 saturated carbocycles. The molecule has 1 atom stereocenters. The Morgan fingerprint density at radius 3 is 3.13 bits per heavy atom. The molecule has 0 N–H and O–H groups in total. The van der Waals surface area contributed by atoms with E-state index in [1.54, 1.807) is 7.11 Å². The van der Waals surface area contributed by atoms with E-state index in [4.69, 9.17) is 4.65 Å². The number of halogens is 1. The number of benzene rings is 1. The Hall–Kier alpha value is -0.315. The van der Waals surface area contributed by atoms with Gasteiger partial charge >= 0.3 is 7.62 Å². The molecule has 0 bridgehead atoms. The minimum Gasteiger partial charge on any atom is -0.427 e. The average Bonchev–Trinajstić information content (AvgIpc) is 2.66. The summed E-state index contributed by atoms with van der Waals surface area (Å²) in [6, 6.07) is 8.98. The van der Waals surface area contributed by atoms with Crippen LogP contribution in [0.2, 0.25) is 0 Å². The van der Waals surface area contributed by atoms with Crippen molar-refractivity contribution in [2.24, 2.45) is 0 Å². The molecule has 1 fully saturated rings. The van der Waals surface area contributed by atoms with E-state index in [2.05, 4.69) is 45.0 Å². The van der Waals surface area contributed by atoms with Crippen molar-refractivity contribution in [3.63, 3.8) is 0 Å². The Bertz CT molecular complexity index is 334. The van der Waals surface area contributed by atoms with Gasteiger partial charge in [-0.05, 0) is 37.1 Å². The van der Waals surface area contributed by atoms with Crippen LogP contribution in [-0.4, -0.2) is 26.1 Å². The first kappa shape index (κ1) is 11.2.